The molecule has 0 bridgehead atoms. The zero-order valence-corrected chi connectivity index (χ0v) is 18.6. The first-order valence-electron chi connectivity index (χ1n) is 9.92. The van der Waals surface area contributed by atoms with Gasteiger partial charge < -0.3 is 9.73 Å². The van der Waals surface area contributed by atoms with Crippen LogP contribution in [0.4, 0.5) is 24.5 Å². The molecule has 32 heavy (non-hydrogen) atoms. The topological polar surface area (TPSA) is 66.6 Å². The second kappa shape index (κ2) is 8.82. The van der Waals surface area contributed by atoms with Gasteiger partial charge in [-0.1, -0.05) is 22.0 Å². The number of hydrazone groups is 1. The maximum absolute atomic E-state index is 13.0. The summed E-state index contributed by atoms with van der Waals surface area (Å²) >= 11 is 3.35. The molecule has 2 aromatic carbocycles. The predicted molar refractivity (Wildman–Crippen MR) is 120 cm³/mol. The maximum atomic E-state index is 13.0. The standard InChI is InChI=1S/C23H19BrF3N3O2/c1-13-20-18(30-29-17-5-2-4-14(12-17)23(25,26)27)6-3-7-19(20)32-21(13)22(31)28-16-10-8-15(24)9-11-16/h2,4-5,8-12,29H,3,6-7H2,1H3,(H,28,31)/b30-18+. The third kappa shape index (κ3) is 4.72. The first-order chi connectivity index (χ1) is 15.2. The number of anilines is 2. The van der Waals surface area contributed by atoms with Crippen LogP contribution < -0.4 is 10.7 Å². The monoisotopic (exact) mass is 505 g/mol. The number of fused-ring (bicyclic) bond motifs is 1. The number of furan rings is 1. The maximum Gasteiger partial charge on any atom is 0.416 e. The van der Waals surface area contributed by atoms with Gasteiger partial charge >= 0.3 is 6.18 Å². The molecule has 1 aromatic heterocycles. The van der Waals surface area contributed by atoms with Crippen molar-refractivity contribution in [2.75, 3.05) is 10.7 Å². The molecule has 0 saturated carbocycles. The molecule has 9 heteroatoms. The van der Waals surface area contributed by atoms with Crippen molar-refractivity contribution in [1.29, 1.82) is 0 Å². The zero-order valence-electron chi connectivity index (χ0n) is 17.0. The van der Waals surface area contributed by atoms with E-state index in [9.17, 15) is 18.0 Å². The Hall–Kier alpha value is -3.07. The van der Waals surface area contributed by atoms with E-state index in [4.69, 9.17) is 4.42 Å². The number of benzene rings is 2. The largest absolute Gasteiger partial charge is 0.455 e. The highest BCUT2D eigenvalue weighted by Crippen LogP contribution is 2.32. The zero-order chi connectivity index (χ0) is 22.9. The SMILES string of the molecule is Cc1c(C(=O)Nc2ccc(Br)cc2)oc2c1/C(=N/Nc1cccc(C(F)(F)F)c1)CCC2. The summed E-state index contributed by atoms with van der Waals surface area (Å²) in [5.74, 6) is 0.482. The number of carbonyl (C=O) groups excluding carboxylic acids is 1. The molecule has 1 amide bonds. The van der Waals surface area contributed by atoms with Gasteiger partial charge in [0.05, 0.1) is 17.0 Å². The number of hydrogen-bond acceptors (Lipinski definition) is 4. The van der Waals surface area contributed by atoms with Crippen LogP contribution in [0.1, 0.15) is 45.8 Å². The summed E-state index contributed by atoms with van der Waals surface area (Å²) < 4.78 is 45.6. The quantitative estimate of drug-likeness (QED) is 0.384. The molecule has 4 rings (SSSR count). The molecule has 0 atom stereocenters. The van der Waals surface area contributed by atoms with Gasteiger partial charge in [-0.2, -0.15) is 18.3 Å². The summed E-state index contributed by atoms with van der Waals surface area (Å²) in [6, 6.07) is 12.0. The molecule has 0 radical (unpaired) electrons. The first-order valence-corrected chi connectivity index (χ1v) is 10.7. The van der Waals surface area contributed by atoms with Gasteiger partial charge in [-0.05, 0) is 62.2 Å². The lowest BCUT2D eigenvalue weighted by atomic mass is 9.93. The molecule has 2 N–H and O–H groups in total. The lowest BCUT2D eigenvalue weighted by molar-refractivity contribution is -0.137. The molecule has 0 unspecified atom stereocenters. The van der Waals surface area contributed by atoms with Gasteiger partial charge in [-0.15, -0.1) is 0 Å². The van der Waals surface area contributed by atoms with Gasteiger partial charge in [0.25, 0.3) is 5.91 Å². The lowest BCUT2D eigenvalue weighted by Crippen LogP contribution is -2.14. The minimum Gasteiger partial charge on any atom is -0.455 e. The third-order valence-corrected chi connectivity index (χ3v) is 5.67. The fourth-order valence-electron chi connectivity index (χ4n) is 3.61. The number of hydrogen-bond donors (Lipinski definition) is 2. The van der Waals surface area contributed by atoms with Gasteiger partial charge in [0.2, 0.25) is 0 Å². The second-order valence-corrected chi connectivity index (χ2v) is 8.33. The van der Waals surface area contributed by atoms with Crippen molar-refractivity contribution in [3.63, 3.8) is 0 Å². The van der Waals surface area contributed by atoms with Gasteiger partial charge in [-0.25, -0.2) is 0 Å². The van der Waals surface area contributed by atoms with Crippen LogP contribution in [0.15, 0.2) is 62.5 Å². The van der Waals surface area contributed by atoms with E-state index in [2.05, 4.69) is 31.8 Å². The van der Waals surface area contributed by atoms with Gasteiger partial charge in [0.1, 0.15) is 5.76 Å². The molecule has 0 aliphatic heterocycles. The molecule has 0 fully saturated rings. The Morgan fingerprint density at radius 2 is 1.84 bits per heavy atom. The van der Waals surface area contributed by atoms with Crippen molar-refractivity contribution < 1.29 is 22.4 Å². The summed E-state index contributed by atoms with van der Waals surface area (Å²) in [5.41, 5.74) is 4.86. The van der Waals surface area contributed by atoms with Gasteiger partial charge in [0, 0.05) is 27.7 Å². The van der Waals surface area contributed by atoms with E-state index < -0.39 is 11.7 Å². The Kier molecular flexibility index (Phi) is 6.10. The average Bonchev–Trinajstić information content (AvgIpc) is 3.11. The molecule has 1 heterocycles. The number of aryl methyl sites for hydroxylation is 1. The van der Waals surface area contributed by atoms with Gasteiger partial charge in [0.15, 0.2) is 5.76 Å². The summed E-state index contributed by atoms with van der Waals surface area (Å²) in [6.07, 6.45) is -2.39. The first kappa shape index (κ1) is 22.1. The van der Waals surface area contributed by atoms with E-state index in [1.54, 1.807) is 19.1 Å². The minimum atomic E-state index is -4.43. The molecule has 166 valence electrons. The van der Waals surface area contributed by atoms with Crippen LogP contribution in [0.5, 0.6) is 0 Å². The van der Waals surface area contributed by atoms with E-state index in [0.717, 1.165) is 28.6 Å². The molecule has 1 aliphatic rings. The summed E-state index contributed by atoms with van der Waals surface area (Å²) in [5, 5.41) is 7.16. The van der Waals surface area contributed by atoms with Crippen LogP contribution in [0.25, 0.3) is 0 Å². The molecule has 0 spiro atoms. The number of carbonyl (C=O) groups is 1. The van der Waals surface area contributed by atoms with Crippen molar-refractivity contribution >= 4 is 38.9 Å². The Morgan fingerprint density at radius 1 is 1.09 bits per heavy atom. The Bertz CT molecular complexity index is 1180. The highest BCUT2D eigenvalue weighted by atomic mass is 79.9. The second-order valence-electron chi connectivity index (χ2n) is 7.42. The minimum absolute atomic E-state index is 0.201. The van der Waals surface area contributed by atoms with E-state index in [1.807, 2.05) is 12.1 Å². The van der Waals surface area contributed by atoms with E-state index in [0.29, 0.717) is 35.6 Å². The Labute approximate surface area is 190 Å². The van der Waals surface area contributed by atoms with Crippen molar-refractivity contribution in [1.82, 2.24) is 0 Å². The Morgan fingerprint density at radius 3 is 2.56 bits per heavy atom. The average molecular weight is 506 g/mol. The van der Waals surface area contributed by atoms with Crippen LogP contribution >= 0.6 is 15.9 Å². The fraction of sp³-hybridized carbons (Fsp3) is 0.217. The van der Waals surface area contributed by atoms with Crippen molar-refractivity contribution in [2.24, 2.45) is 5.10 Å². The van der Waals surface area contributed by atoms with E-state index in [1.165, 1.54) is 12.1 Å². The lowest BCUT2D eigenvalue weighted by Gasteiger charge is -2.14. The van der Waals surface area contributed by atoms with Crippen molar-refractivity contribution in [3.8, 4) is 0 Å². The van der Waals surface area contributed by atoms with Crippen LogP contribution in [0.2, 0.25) is 0 Å². The summed E-state index contributed by atoms with van der Waals surface area (Å²) in [4.78, 5) is 12.8. The number of nitrogens with one attached hydrogen (secondary N) is 2. The van der Waals surface area contributed by atoms with E-state index >= 15 is 0 Å². The summed E-state index contributed by atoms with van der Waals surface area (Å²) in [6.45, 7) is 1.78. The predicted octanol–water partition coefficient (Wildman–Crippen LogP) is 6.77. The Balaban J connectivity index is 1.58. The van der Waals surface area contributed by atoms with Crippen molar-refractivity contribution in [2.45, 2.75) is 32.4 Å². The number of amides is 1. The van der Waals surface area contributed by atoms with Crippen LogP contribution in [0, 0.1) is 6.92 Å². The van der Waals surface area contributed by atoms with Crippen LogP contribution in [-0.2, 0) is 12.6 Å². The highest BCUT2D eigenvalue weighted by molar-refractivity contribution is 9.10. The number of halogens is 4. The third-order valence-electron chi connectivity index (χ3n) is 5.14. The summed E-state index contributed by atoms with van der Waals surface area (Å²) in [7, 11) is 0. The fourth-order valence-corrected chi connectivity index (χ4v) is 3.88. The van der Waals surface area contributed by atoms with Crippen LogP contribution in [-0.4, -0.2) is 11.6 Å². The van der Waals surface area contributed by atoms with Crippen LogP contribution in [0.3, 0.4) is 0 Å². The highest BCUT2D eigenvalue weighted by Gasteiger charge is 2.31. The van der Waals surface area contributed by atoms with Crippen molar-refractivity contribution in [3.05, 3.63) is 81.2 Å². The number of alkyl halides is 3. The van der Waals surface area contributed by atoms with E-state index in [-0.39, 0.29) is 17.4 Å². The smallest absolute Gasteiger partial charge is 0.416 e. The molecular formula is C23H19BrF3N3O2. The number of nitrogens with zero attached hydrogens (tertiary/aromatic N) is 1. The molecule has 1 aliphatic carbocycles. The number of rotatable bonds is 4. The molecule has 3 aromatic rings. The molecule has 0 saturated heterocycles. The molecule has 5 nitrogen and oxygen atoms in total. The normalized spacial score (nSPS) is 14.8. The molecular weight excluding hydrogens is 487 g/mol. The van der Waals surface area contributed by atoms with Gasteiger partial charge in [-0.3, -0.25) is 10.2 Å².